The minimum Gasteiger partial charge on any atom is -0.463 e. The summed E-state index contributed by atoms with van der Waals surface area (Å²) in [5.41, 5.74) is 0.515. The number of esters is 4. The molecule has 1 saturated heterocycles. The Morgan fingerprint density at radius 1 is 1.07 bits per heavy atom. The number of methoxy groups -OCH3 is 1. The van der Waals surface area contributed by atoms with Crippen molar-refractivity contribution in [2.45, 2.75) is 51.9 Å². The predicted molar refractivity (Wildman–Crippen MR) is 142 cm³/mol. The first kappa shape index (κ1) is 31.2. The first-order chi connectivity index (χ1) is 19.6. The predicted octanol–water partition coefficient (Wildman–Crippen LogP) is 2.04. The van der Waals surface area contributed by atoms with Crippen LogP contribution in [0.15, 0.2) is 48.7 Å². The number of ether oxygens (including phenoxy) is 5. The molecule has 3 rings (SSSR count). The number of nitrogens with one attached hydrogen (secondary N) is 1. The Morgan fingerprint density at radius 2 is 1.80 bits per heavy atom. The summed E-state index contributed by atoms with van der Waals surface area (Å²) in [6, 6.07) is 10.5. The van der Waals surface area contributed by atoms with Crippen molar-refractivity contribution in [3.05, 3.63) is 59.9 Å². The molecule has 1 amide bonds. The summed E-state index contributed by atoms with van der Waals surface area (Å²) in [5.74, 6) is -5.36. The molecule has 12 heteroatoms. The van der Waals surface area contributed by atoms with E-state index >= 15 is 0 Å². The van der Waals surface area contributed by atoms with E-state index in [9.17, 15) is 24.0 Å². The van der Waals surface area contributed by atoms with E-state index in [1.165, 1.54) is 32.4 Å². The average molecular weight is 571 g/mol. The van der Waals surface area contributed by atoms with Crippen LogP contribution in [0.3, 0.4) is 0 Å². The molecule has 0 spiro atoms. The van der Waals surface area contributed by atoms with E-state index in [-0.39, 0.29) is 30.9 Å². The van der Waals surface area contributed by atoms with Gasteiger partial charge in [0.05, 0.1) is 18.9 Å². The summed E-state index contributed by atoms with van der Waals surface area (Å²) in [4.78, 5) is 68.1. The van der Waals surface area contributed by atoms with Crippen LogP contribution in [0.5, 0.6) is 5.75 Å². The number of carbonyl (C=O) groups is 5. The molecule has 1 aromatic heterocycles. The van der Waals surface area contributed by atoms with Gasteiger partial charge in [0.25, 0.3) is 5.91 Å². The second-order valence-electron chi connectivity index (χ2n) is 9.72. The summed E-state index contributed by atoms with van der Waals surface area (Å²) < 4.78 is 26.8. The highest BCUT2D eigenvalue weighted by molar-refractivity contribution is 5.98. The summed E-state index contributed by atoms with van der Waals surface area (Å²) in [7, 11) is 1.43. The molecule has 1 aromatic carbocycles. The molecule has 1 N–H and O–H groups in total. The van der Waals surface area contributed by atoms with Crippen LogP contribution in [0.1, 0.15) is 43.2 Å². The molecular formula is C29H34N2O10. The lowest BCUT2D eigenvalue weighted by Gasteiger charge is -2.29. The van der Waals surface area contributed by atoms with Crippen molar-refractivity contribution in [3.8, 4) is 5.75 Å². The first-order valence-electron chi connectivity index (χ1n) is 13.2. The molecule has 0 radical (unpaired) electrons. The van der Waals surface area contributed by atoms with Crippen LogP contribution in [-0.4, -0.2) is 73.3 Å². The van der Waals surface area contributed by atoms with Crippen LogP contribution >= 0.6 is 0 Å². The number of cyclic esters (lactones) is 2. The Bertz CT molecular complexity index is 1230. The number of aromatic nitrogens is 1. The van der Waals surface area contributed by atoms with Gasteiger partial charge in [-0.1, -0.05) is 44.2 Å². The highest BCUT2D eigenvalue weighted by atomic mass is 16.6. The number of carbonyl (C=O) groups excluding carboxylic acids is 5. The molecule has 12 nitrogen and oxygen atoms in total. The summed E-state index contributed by atoms with van der Waals surface area (Å²) in [6.07, 6.45) is -0.796. The second-order valence-corrected chi connectivity index (χ2v) is 9.72. The van der Waals surface area contributed by atoms with Gasteiger partial charge in [-0.25, -0.2) is 9.78 Å². The Labute approximate surface area is 237 Å². The van der Waals surface area contributed by atoms with Gasteiger partial charge in [-0.3, -0.25) is 19.2 Å². The molecule has 1 aliphatic heterocycles. The number of benzene rings is 1. The minimum atomic E-state index is -1.43. The van der Waals surface area contributed by atoms with Crippen LogP contribution in [0.4, 0.5) is 0 Å². The Hall–Kier alpha value is -4.32. The van der Waals surface area contributed by atoms with Gasteiger partial charge in [0.15, 0.2) is 23.6 Å². The van der Waals surface area contributed by atoms with E-state index in [1.807, 2.05) is 18.2 Å². The average Bonchev–Trinajstić information content (AvgIpc) is 2.98. The van der Waals surface area contributed by atoms with E-state index < -0.39 is 66.5 Å². The fraction of sp³-hybridized carbons (Fsp3) is 0.448. The van der Waals surface area contributed by atoms with E-state index in [0.29, 0.717) is 0 Å². The number of amides is 1. The van der Waals surface area contributed by atoms with Crippen LogP contribution in [0.25, 0.3) is 0 Å². The van der Waals surface area contributed by atoms with Crippen LogP contribution < -0.4 is 10.1 Å². The molecule has 2 heterocycles. The summed E-state index contributed by atoms with van der Waals surface area (Å²) in [5, 5.41) is 2.44. The molecule has 1 fully saturated rings. The quantitative estimate of drug-likeness (QED) is 0.329. The zero-order chi connectivity index (χ0) is 29.9. The van der Waals surface area contributed by atoms with Gasteiger partial charge < -0.3 is 29.0 Å². The fourth-order valence-corrected chi connectivity index (χ4v) is 3.98. The van der Waals surface area contributed by atoms with Crippen LogP contribution in [-0.2, 0) is 44.5 Å². The van der Waals surface area contributed by atoms with Gasteiger partial charge in [-0.15, -0.1) is 0 Å². The van der Waals surface area contributed by atoms with Crippen LogP contribution in [0.2, 0.25) is 0 Å². The zero-order valence-corrected chi connectivity index (χ0v) is 23.4. The maximum Gasteiger partial charge on any atom is 0.332 e. The Kier molecular flexibility index (Phi) is 11.3. The van der Waals surface area contributed by atoms with Crippen molar-refractivity contribution in [3.63, 3.8) is 0 Å². The molecule has 0 unspecified atom stereocenters. The van der Waals surface area contributed by atoms with Gasteiger partial charge in [0.1, 0.15) is 18.6 Å². The van der Waals surface area contributed by atoms with Crippen molar-refractivity contribution in [1.82, 2.24) is 10.3 Å². The third-order valence-electron chi connectivity index (χ3n) is 6.19. The van der Waals surface area contributed by atoms with Crippen LogP contribution in [0, 0.1) is 11.8 Å². The van der Waals surface area contributed by atoms with E-state index in [1.54, 1.807) is 26.0 Å². The molecule has 41 heavy (non-hydrogen) atoms. The zero-order valence-electron chi connectivity index (χ0n) is 23.4. The fourth-order valence-electron chi connectivity index (χ4n) is 3.98. The standard InChI is InChI=1S/C29H34N2O10/c1-17(2)27(34)41-25-18(3)39-29(36)21(16-38-28(35)20(25)15-19-9-6-5-7-10-19)31-26(33)24-22(11-8-13-30-24)40-23(32)12-14-37-4/h5-11,13,17-18,20-21,25H,12,14-16H2,1-4H3,(H,31,33)/t18-,20+,21-,25-/m0/s1. The third-order valence-corrected chi connectivity index (χ3v) is 6.19. The summed E-state index contributed by atoms with van der Waals surface area (Å²) >= 11 is 0. The molecule has 1 aliphatic rings. The lowest BCUT2D eigenvalue weighted by atomic mass is 9.91. The van der Waals surface area contributed by atoms with Crippen molar-refractivity contribution in [2.75, 3.05) is 20.3 Å². The van der Waals surface area contributed by atoms with Crippen molar-refractivity contribution < 1.29 is 47.7 Å². The van der Waals surface area contributed by atoms with E-state index in [4.69, 9.17) is 23.7 Å². The molecule has 0 aliphatic carbocycles. The second kappa shape index (κ2) is 14.9. The first-order valence-corrected chi connectivity index (χ1v) is 13.2. The third kappa shape index (κ3) is 8.84. The van der Waals surface area contributed by atoms with Crippen molar-refractivity contribution in [1.29, 1.82) is 0 Å². The normalized spacial score (nSPS) is 21.0. The maximum absolute atomic E-state index is 13.3. The number of rotatable bonds is 10. The van der Waals surface area contributed by atoms with E-state index in [0.717, 1.165) is 5.56 Å². The number of hydrogen-bond donors (Lipinski definition) is 1. The molecule has 0 bridgehead atoms. The molecule has 4 atom stereocenters. The lowest BCUT2D eigenvalue weighted by Crippen LogP contribution is -2.47. The number of nitrogens with zero attached hydrogens (tertiary/aromatic N) is 1. The van der Waals surface area contributed by atoms with Gasteiger partial charge in [-0.2, -0.15) is 0 Å². The van der Waals surface area contributed by atoms with Gasteiger partial charge in [-0.05, 0) is 31.0 Å². The van der Waals surface area contributed by atoms with E-state index in [2.05, 4.69) is 10.3 Å². The molecule has 220 valence electrons. The Balaban J connectivity index is 1.83. The molecule has 0 saturated carbocycles. The smallest absolute Gasteiger partial charge is 0.332 e. The van der Waals surface area contributed by atoms with Gasteiger partial charge >= 0.3 is 23.9 Å². The maximum atomic E-state index is 13.3. The highest BCUT2D eigenvalue weighted by Gasteiger charge is 2.42. The summed E-state index contributed by atoms with van der Waals surface area (Å²) in [6.45, 7) is 4.36. The topological polar surface area (TPSA) is 156 Å². The molecular weight excluding hydrogens is 536 g/mol. The largest absolute Gasteiger partial charge is 0.463 e. The monoisotopic (exact) mass is 570 g/mol. The SMILES string of the molecule is COCCC(=O)Oc1cccnc1C(=O)N[C@H]1COC(=O)[C@H](Cc2ccccc2)[C@@H](OC(=O)C(C)C)[C@H](C)OC1=O. The van der Waals surface area contributed by atoms with Gasteiger partial charge in [0.2, 0.25) is 0 Å². The van der Waals surface area contributed by atoms with Crippen molar-refractivity contribution >= 4 is 29.8 Å². The Morgan fingerprint density at radius 3 is 2.49 bits per heavy atom. The van der Waals surface area contributed by atoms with Crippen molar-refractivity contribution in [2.24, 2.45) is 11.8 Å². The lowest BCUT2D eigenvalue weighted by molar-refractivity contribution is -0.176. The molecule has 2 aromatic rings. The number of hydrogen-bond acceptors (Lipinski definition) is 11. The highest BCUT2D eigenvalue weighted by Crippen LogP contribution is 2.25. The minimum absolute atomic E-state index is 0.0536. The van der Waals surface area contributed by atoms with Gasteiger partial charge in [0, 0.05) is 13.3 Å². The number of pyridine rings is 1.